The van der Waals surface area contributed by atoms with Crippen LogP contribution in [-0.2, 0) is 21.4 Å². The average molecular weight is 530 g/mol. The van der Waals surface area contributed by atoms with E-state index in [0.717, 1.165) is 9.87 Å². The highest BCUT2D eigenvalue weighted by Gasteiger charge is 2.29. The molecule has 9 heteroatoms. The number of benzene rings is 4. The predicted molar refractivity (Wildman–Crippen MR) is 147 cm³/mol. The highest BCUT2D eigenvalue weighted by atomic mass is 32.2. The number of anilines is 2. The standard InChI is InChI=1S/C29H27N3O5S/c1-37-27-19-11-10-18-26(27)32(38(35,36)23-14-6-3-7-15-23)21-28(33)31-25-17-9-8-16-24(25)29(34)30-20-22-12-4-2-5-13-22/h2-19H,20-21H2,1H3,(H,30,34)(H,31,33). The fourth-order valence-corrected chi connectivity index (χ4v) is 5.29. The lowest BCUT2D eigenvalue weighted by atomic mass is 10.1. The summed E-state index contributed by atoms with van der Waals surface area (Å²) >= 11 is 0. The molecular formula is C29H27N3O5S. The fourth-order valence-electron chi connectivity index (χ4n) is 3.84. The van der Waals surface area contributed by atoms with Gasteiger partial charge in [0, 0.05) is 6.54 Å². The zero-order valence-corrected chi connectivity index (χ0v) is 21.5. The van der Waals surface area contributed by atoms with E-state index in [-0.39, 0.29) is 27.7 Å². The van der Waals surface area contributed by atoms with Crippen molar-refractivity contribution in [2.24, 2.45) is 0 Å². The molecule has 0 bridgehead atoms. The third-order valence-electron chi connectivity index (χ3n) is 5.71. The van der Waals surface area contributed by atoms with Crippen molar-refractivity contribution >= 4 is 33.2 Å². The molecule has 0 aliphatic carbocycles. The summed E-state index contributed by atoms with van der Waals surface area (Å²) in [6.45, 7) is -0.226. The molecule has 0 saturated carbocycles. The average Bonchev–Trinajstić information content (AvgIpc) is 2.96. The summed E-state index contributed by atoms with van der Waals surface area (Å²) in [5, 5.41) is 5.55. The van der Waals surface area contributed by atoms with E-state index in [9.17, 15) is 18.0 Å². The highest BCUT2D eigenvalue weighted by Crippen LogP contribution is 2.32. The van der Waals surface area contributed by atoms with E-state index >= 15 is 0 Å². The molecule has 194 valence electrons. The van der Waals surface area contributed by atoms with E-state index in [2.05, 4.69) is 10.6 Å². The minimum Gasteiger partial charge on any atom is -0.495 e. The molecule has 4 aromatic rings. The Kier molecular flexibility index (Phi) is 8.40. The van der Waals surface area contributed by atoms with Crippen LogP contribution in [0.3, 0.4) is 0 Å². The molecule has 0 unspecified atom stereocenters. The number of nitrogens with zero attached hydrogens (tertiary/aromatic N) is 1. The van der Waals surface area contributed by atoms with Crippen molar-refractivity contribution in [3.8, 4) is 5.75 Å². The second-order valence-electron chi connectivity index (χ2n) is 8.26. The number of ether oxygens (including phenoxy) is 1. The molecule has 0 aliphatic heterocycles. The quantitative estimate of drug-likeness (QED) is 0.316. The van der Waals surface area contributed by atoms with E-state index in [1.807, 2.05) is 30.3 Å². The first-order valence-electron chi connectivity index (χ1n) is 11.8. The Balaban J connectivity index is 1.58. The van der Waals surface area contributed by atoms with E-state index in [1.54, 1.807) is 66.7 Å². The Morgan fingerprint density at radius 1 is 0.789 bits per heavy atom. The van der Waals surface area contributed by atoms with Gasteiger partial charge in [0.05, 0.1) is 28.9 Å². The monoisotopic (exact) mass is 529 g/mol. The van der Waals surface area contributed by atoms with Crippen LogP contribution < -0.4 is 19.7 Å². The smallest absolute Gasteiger partial charge is 0.264 e. The normalized spacial score (nSPS) is 10.9. The van der Waals surface area contributed by atoms with E-state index in [0.29, 0.717) is 12.3 Å². The van der Waals surface area contributed by atoms with Crippen molar-refractivity contribution in [3.63, 3.8) is 0 Å². The number of amides is 2. The van der Waals surface area contributed by atoms with Gasteiger partial charge >= 0.3 is 0 Å². The SMILES string of the molecule is COc1ccccc1N(CC(=O)Nc1ccccc1C(=O)NCc1ccccc1)S(=O)(=O)c1ccccc1. The van der Waals surface area contributed by atoms with E-state index < -0.39 is 22.5 Å². The first-order chi connectivity index (χ1) is 18.4. The minimum absolute atomic E-state index is 0.0272. The van der Waals surface area contributed by atoms with Gasteiger partial charge in [-0.1, -0.05) is 72.8 Å². The number of rotatable bonds is 10. The second kappa shape index (κ2) is 12.1. The Morgan fingerprint density at radius 2 is 1.39 bits per heavy atom. The topological polar surface area (TPSA) is 105 Å². The van der Waals surface area contributed by atoms with Crippen molar-refractivity contribution < 1.29 is 22.7 Å². The van der Waals surface area contributed by atoms with Crippen molar-refractivity contribution in [1.29, 1.82) is 0 Å². The second-order valence-corrected chi connectivity index (χ2v) is 10.1. The maximum atomic E-state index is 13.6. The molecule has 0 atom stereocenters. The summed E-state index contributed by atoms with van der Waals surface area (Å²) in [6, 6.07) is 30.4. The number of hydrogen-bond acceptors (Lipinski definition) is 5. The maximum Gasteiger partial charge on any atom is 0.264 e. The predicted octanol–water partition coefficient (Wildman–Crippen LogP) is 4.46. The van der Waals surface area contributed by atoms with E-state index in [4.69, 9.17) is 4.74 Å². The van der Waals surface area contributed by atoms with Crippen molar-refractivity contribution in [3.05, 3.63) is 120 Å². The lowest BCUT2D eigenvalue weighted by Gasteiger charge is -2.25. The van der Waals surface area contributed by atoms with Gasteiger partial charge in [-0.25, -0.2) is 8.42 Å². The van der Waals surface area contributed by atoms with Gasteiger partial charge < -0.3 is 15.4 Å². The Bertz CT molecular complexity index is 1510. The zero-order valence-electron chi connectivity index (χ0n) is 20.7. The first kappa shape index (κ1) is 26.4. The third kappa shape index (κ3) is 6.19. The van der Waals surface area contributed by atoms with Gasteiger partial charge in [-0.05, 0) is 42.0 Å². The van der Waals surface area contributed by atoms with Gasteiger partial charge in [0.15, 0.2) is 0 Å². The molecule has 8 nitrogen and oxygen atoms in total. The molecule has 4 aromatic carbocycles. The van der Waals surface area contributed by atoms with Gasteiger partial charge in [-0.15, -0.1) is 0 Å². The van der Waals surface area contributed by atoms with Crippen LogP contribution in [0.25, 0.3) is 0 Å². The van der Waals surface area contributed by atoms with Crippen LogP contribution in [0.2, 0.25) is 0 Å². The maximum absolute atomic E-state index is 13.6. The van der Waals surface area contributed by atoms with Gasteiger partial charge in [0.25, 0.3) is 15.9 Å². The number of sulfonamides is 1. The summed E-state index contributed by atoms with van der Waals surface area (Å²) in [4.78, 5) is 26.2. The molecular weight excluding hydrogens is 502 g/mol. The number of carbonyl (C=O) groups is 2. The van der Waals surface area contributed by atoms with Crippen LogP contribution in [-0.4, -0.2) is 33.9 Å². The molecule has 0 aliphatic rings. The lowest BCUT2D eigenvalue weighted by Crippen LogP contribution is -2.38. The van der Waals surface area contributed by atoms with Crippen molar-refractivity contribution in [1.82, 2.24) is 5.32 Å². The van der Waals surface area contributed by atoms with E-state index in [1.165, 1.54) is 19.2 Å². The van der Waals surface area contributed by atoms with Crippen LogP contribution in [0.5, 0.6) is 5.75 Å². The van der Waals surface area contributed by atoms with Crippen LogP contribution in [0.15, 0.2) is 114 Å². The molecule has 0 saturated heterocycles. The molecule has 0 fully saturated rings. The summed E-state index contributed by atoms with van der Waals surface area (Å²) in [6.07, 6.45) is 0. The van der Waals surface area contributed by atoms with Gasteiger partial charge in [-0.2, -0.15) is 0 Å². The van der Waals surface area contributed by atoms with Crippen LogP contribution in [0, 0.1) is 0 Å². The van der Waals surface area contributed by atoms with Crippen LogP contribution in [0.1, 0.15) is 15.9 Å². The summed E-state index contributed by atoms with van der Waals surface area (Å²) in [5.74, 6) is -0.706. The molecule has 0 radical (unpaired) electrons. The number of para-hydroxylation sites is 3. The first-order valence-corrected chi connectivity index (χ1v) is 13.3. The van der Waals surface area contributed by atoms with Gasteiger partial charge in [0.1, 0.15) is 12.3 Å². The summed E-state index contributed by atoms with van der Waals surface area (Å²) < 4.78 is 33.6. The Morgan fingerprint density at radius 3 is 2.11 bits per heavy atom. The lowest BCUT2D eigenvalue weighted by molar-refractivity contribution is -0.114. The Hall–Kier alpha value is -4.63. The summed E-state index contributed by atoms with van der Waals surface area (Å²) in [5.41, 5.74) is 1.66. The number of hydrogen-bond donors (Lipinski definition) is 2. The molecule has 0 aromatic heterocycles. The molecule has 0 spiro atoms. The Labute approximate surface area is 221 Å². The zero-order chi connectivity index (χ0) is 27.0. The van der Waals surface area contributed by atoms with Crippen molar-refractivity contribution in [2.45, 2.75) is 11.4 Å². The number of carbonyl (C=O) groups excluding carboxylic acids is 2. The molecule has 38 heavy (non-hydrogen) atoms. The highest BCUT2D eigenvalue weighted by molar-refractivity contribution is 7.92. The minimum atomic E-state index is -4.13. The van der Waals surface area contributed by atoms with Crippen molar-refractivity contribution in [2.75, 3.05) is 23.3 Å². The molecule has 4 rings (SSSR count). The summed E-state index contributed by atoms with van der Waals surface area (Å²) in [7, 11) is -2.70. The number of methoxy groups -OCH3 is 1. The van der Waals surface area contributed by atoms with Gasteiger partial charge in [-0.3, -0.25) is 13.9 Å². The van der Waals surface area contributed by atoms with Crippen LogP contribution in [0.4, 0.5) is 11.4 Å². The number of nitrogens with one attached hydrogen (secondary N) is 2. The third-order valence-corrected chi connectivity index (χ3v) is 7.49. The van der Waals surface area contributed by atoms with Gasteiger partial charge in [0.2, 0.25) is 5.91 Å². The fraction of sp³-hybridized carbons (Fsp3) is 0.103. The molecule has 2 N–H and O–H groups in total. The molecule has 0 heterocycles. The molecule has 2 amide bonds. The largest absolute Gasteiger partial charge is 0.495 e. The van der Waals surface area contributed by atoms with Crippen LogP contribution >= 0.6 is 0 Å².